The summed E-state index contributed by atoms with van der Waals surface area (Å²) in [4.78, 5) is 7.03. The van der Waals surface area contributed by atoms with E-state index in [4.69, 9.17) is 4.74 Å². The Hall–Kier alpha value is -1.64. The van der Waals surface area contributed by atoms with Gasteiger partial charge in [-0.15, -0.1) is 0 Å². The molecule has 6 nitrogen and oxygen atoms in total. The van der Waals surface area contributed by atoms with Crippen molar-refractivity contribution in [2.45, 2.75) is 4.90 Å². The van der Waals surface area contributed by atoms with Gasteiger partial charge in [0.25, 0.3) is 0 Å². The average Bonchev–Trinajstić information content (AvgIpc) is 3.22. The zero-order valence-electron chi connectivity index (χ0n) is 14.4. The van der Waals surface area contributed by atoms with Gasteiger partial charge in [-0.05, 0) is 64.2 Å². The Morgan fingerprint density at radius 1 is 1.04 bits per heavy atom. The largest absolute Gasteiger partial charge is 0.497 e. The van der Waals surface area contributed by atoms with Crippen LogP contribution in [-0.2, 0) is 10.0 Å². The Labute approximate surface area is 162 Å². The maximum Gasteiger partial charge on any atom is 0.243 e. The average molecular weight is 438 g/mol. The fourth-order valence-electron chi connectivity index (χ4n) is 3.79. The van der Waals surface area contributed by atoms with Gasteiger partial charge in [0.05, 0.1) is 12.0 Å². The van der Waals surface area contributed by atoms with Crippen molar-refractivity contribution >= 4 is 31.8 Å². The zero-order valence-corrected chi connectivity index (χ0v) is 16.8. The standard InChI is InChI=1S/C18H20BrN3O3S/c1-25-16-3-5-17(6-4-16)26(23,24)22-11-13-9-21(10-14(13)12-22)18-7-2-15(19)8-20-18/h2-8,13-14H,9-12H2,1H3. The number of hydrogen-bond donors (Lipinski definition) is 0. The van der Waals surface area contributed by atoms with Crippen LogP contribution in [0.15, 0.2) is 52.0 Å². The molecular weight excluding hydrogens is 418 g/mol. The summed E-state index contributed by atoms with van der Waals surface area (Å²) < 4.78 is 33.5. The summed E-state index contributed by atoms with van der Waals surface area (Å²) in [6, 6.07) is 10.6. The van der Waals surface area contributed by atoms with E-state index >= 15 is 0 Å². The van der Waals surface area contributed by atoms with E-state index in [1.54, 1.807) is 41.9 Å². The SMILES string of the molecule is COc1ccc(S(=O)(=O)N2CC3CN(c4ccc(Br)cn4)CC3C2)cc1. The Morgan fingerprint density at radius 2 is 1.69 bits per heavy atom. The van der Waals surface area contributed by atoms with Crippen molar-refractivity contribution in [3.8, 4) is 5.75 Å². The zero-order chi connectivity index (χ0) is 18.3. The van der Waals surface area contributed by atoms with E-state index in [2.05, 4.69) is 25.8 Å². The molecule has 138 valence electrons. The second-order valence-electron chi connectivity index (χ2n) is 6.76. The quantitative estimate of drug-likeness (QED) is 0.735. The number of sulfonamides is 1. The molecule has 0 spiro atoms. The number of nitrogens with zero attached hydrogens (tertiary/aromatic N) is 3. The summed E-state index contributed by atoms with van der Waals surface area (Å²) in [6.45, 7) is 2.81. The van der Waals surface area contributed by atoms with Crippen LogP contribution >= 0.6 is 15.9 Å². The van der Waals surface area contributed by atoms with Crippen molar-refractivity contribution in [3.63, 3.8) is 0 Å². The van der Waals surface area contributed by atoms with E-state index < -0.39 is 10.0 Å². The molecule has 3 heterocycles. The van der Waals surface area contributed by atoms with Gasteiger partial charge in [-0.1, -0.05) is 0 Å². The van der Waals surface area contributed by atoms with Gasteiger partial charge in [0.15, 0.2) is 0 Å². The summed E-state index contributed by atoms with van der Waals surface area (Å²) >= 11 is 3.40. The second kappa shape index (κ2) is 6.83. The van der Waals surface area contributed by atoms with Crippen LogP contribution in [0.1, 0.15) is 0 Å². The van der Waals surface area contributed by atoms with Crippen LogP contribution in [0, 0.1) is 11.8 Å². The van der Waals surface area contributed by atoms with Gasteiger partial charge in [-0.3, -0.25) is 0 Å². The number of rotatable bonds is 4. The third-order valence-corrected chi connectivity index (χ3v) is 7.50. The highest BCUT2D eigenvalue weighted by Gasteiger charge is 2.44. The minimum absolute atomic E-state index is 0.324. The van der Waals surface area contributed by atoms with E-state index in [0.717, 1.165) is 23.4 Å². The highest BCUT2D eigenvalue weighted by molar-refractivity contribution is 9.10. The fraction of sp³-hybridized carbons (Fsp3) is 0.389. The van der Waals surface area contributed by atoms with E-state index in [1.807, 2.05) is 12.1 Å². The van der Waals surface area contributed by atoms with Crippen LogP contribution in [-0.4, -0.2) is 51.0 Å². The molecule has 2 saturated heterocycles. The Bertz CT molecular complexity index is 873. The van der Waals surface area contributed by atoms with E-state index in [9.17, 15) is 8.42 Å². The van der Waals surface area contributed by atoms with Crippen LogP contribution < -0.4 is 9.64 Å². The van der Waals surface area contributed by atoms with E-state index in [0.29, 0.717) is 35.6 Å². The van der Waals surface area contributed by atoms with E-state index in [1.165, 1.54) is 0 Å². The molecular formula is C18H20BrN3O3S. The van der Waals surface area contributed by atoms with Crippen LogP contribution in [0.2, 0.25) is 0 Å². The lowest BCUT2D eigenvalue weighted by molar-refractivity contribution is 0.414. The van der Waals surface area contributed by atoms with Gasteiger partial charge in [0.1, 0.15) is 11.6 Å². The van der Waals surface area contributed by atoms with Crippen LogP contribution in [0.4, 0.5) is 5.82 Å². The van der Waals surface area contributed by atoms with E-state index in [-0.39, 0.29) is 0 Å². The highest BCUT2D eigenvalue weighted by Crippen LogP contribution is 2.36. The maximum absolute atomic E-state index is 12.9. The third-order valence-electron chi connectivity index (χ3n) is 5.19. The maximum atomic E-state index is 12.9. The number of methoxy groups -OCH3 is 1. The number of benzene rings is 1. The predicted octanol–water partition coefficient (Wildman–Crippen LogP) is 2.61. The van der Waals surface area contributed by atoms with Gasteiger partial charge in [-0.25, -0.2) is 13.4 Å². The first-order valence-electron chi connectivity index (χ1n) is 8.48. The van der Waals surface area contributed by atoms with Gasteiger partial charge in [0.2, 0.25) is 10.0 Å². The minimum Gasteiger partial charge on any atom is -0.497 e. The number of pyridine rings is 1. The third kappa shape index (κ3) is 3.21. The molecule has 0 amide bonds. The Balaban J connectivity index is 1.46. The van der Waals surface area contributed by atoms with Crippen molar-refractivity contribution in [2.24, 2.45) is 11.8 Å². The van der Waals surface area contributed by atoms with Crippen molar-refractivity contribution in [1.82, 2.24) is 9.29 Å². The lowest BCUT2D eigenvalue weighted by Crippen LogP contribution is -2.33. The fourth-order valence-corrected chi connectivity index (χ4v) is 5.57. The number of aromatic nitrogens is 1. The molecule has 4 rings (SSSR count). The molecule has 2 fully saturated rings. The number of halogens is 1. The number of ether oxygens (including phenoxy) is 1. The van der Waals surface area contributed by atoms with Crippen molar-refractivity contribution < 1.29 is 13.2 Å². The van der Waals surface area contributed by atoms with Crippen molar-refractivity contribution in [1.29, 1.82) is 0 Å². The van der Waals surface area contributed by atoms with Crippen molar-refractivity contribution in [3.05, 3.63) is 47.1 Å². The number of hydrogen-bond acceptors (Lipinski definition) is 5. The molecule has 2 atom stereocenters. The number of anilines is 1. The van der Waals surface area contributed by atoms with Crippen LogP contribution in [0.5, 0.6) is 5.75 Å². The molecule has 0 N–H and O–H groups in total. The number of fused-ring (bicyclic) bond motifs is 1. The van der Waals surface area contributed by atoms with Crippen LogP contribution in [0.25, 0.3) is 0 Å². The summed E-state index contributed by atoms with van der Waals surface area (Å²) in [5.74, 6) is 2.29. The summed E-state index contributed by atoms with van der Waals surface area (Å²) in [5.41, 5.74) is 0. The van der Waals surface area contributed by atoms with Gasteiger partial charge < -0.3 is 9.64 Å². The van der Waals surface area contributed by atoms with Gasteiger partial charge in [0, 0.05) is 36.8 Å². The lowest BCUT2D eigenvalue weighted by atomic mass is 10.0. The highest BCUT2D eigenvalue weighted by atomic mass is 79.9. The Kier molecular flexibility index (Phi) is 4.66. The summed E-state index contributed by atoms with van der Waals surface area (Å²) in [6.07, 6.45) is 1.80. The molecule has 1 aromatic carbocycles. The normalized spacial score (nSPS) is 23.2. The molecule has 2 aliphatic rings. The molecule has 0 aliphatic carbocycles. The van der Waals surface area contributed by atoms with Gasteiger partial charge in [-0.2, -0.15) is 4.31 Å². The van der Waals surface area contributed by atoms with Crippen molar-refractivity contribution in [2.75, 3.05) is 38.2 Å². The molecule has 0 radical (unpaired) electrons. The molecule has 1 aromatic heterocycles. The Morgan fingerprint density at radius 3 is 2.23 bits per heavy atom. The summed E-state index contributed by atoms with van der Waals surface area (Å²) in [7, 11) is -1.89. The molecule has 26 heavy (non-hydrogen) atoms. The van der Waals surface area contributed by atoms with Crippen LogP contribution in [0.3, 0.4) is 0 Å². The van der Waals surface area contributed by atoms with Gasteiger partial charge >= 0.3 is 0 Å². The molecule has 2 aromatic rings. The first-order chi connectivity index (χ1) is 12.5. The molecule has 0 saturated carbocycles. The minimum atomic E-state index is -3.46. The smallest absolute Gasteiger partial charge is 0.243 e. The molecule has 2 aliphatic heterocycles. The predicted molar refractivity (Wildman–Crippen MR) is 103 cm³/mol. The molecule has 0 bridgehead atoms. The molecule has 8 heteroatoms. The summed E-state index contributed by atoms with van der Waals surface area (Å²) in [5, 5.41) is 0. The molecule has 2 unspecified atom stereocenters. The first kappa shape index (κ1) is 17.8. The topological polar surface area (TPSA) is 62.7 Å². The second-order valence-corrected chi connectivity index (χ2v) is 9.61. The monoisotopic (exact) mass is 437 g/mol. The lowest BCUT2D eigenvalue weighted by Gasteiger charge is -2.22. The first-order valence-corrected chi connectivity index (χ1v) is 10.7.